The van der Waals surface area contributed by atoms with E-state index in [1.807, 2.05) is 18.2 Å². The lowest BCUT2D eigenvalue weighted by molar-refractivity contribution is 0.0697. The average molecular weight is 400 g/mol. The SMILES string of the molecule is Cl.NCc1cc(C(=O)N2CCN(S(=O)(=O)Cc3ccccc3)CC2)co1. The van der Waals surface area contributed by atoms with Gasteiger partial charge in [-0.3, -0.25) is 4.79 Å². The normalized spacial score (nSPS) is 15.5. The van der Waals surface area contributed by atoms with Crippen molar-refractivity contribution in [2.75, 3.05) is 26.2 Å². The summed E-state index contributed by atoms with van der Waals surface area (Å²) < 4.78 is 31.7. The molecule has 26 heavy (non-hydrogen) atoms. The first-order valence-electron chi connectivity index (χ1n) is 8.08. The van der Waals surface area contributed by atoms with Crippen LogP contribution in [-0.4, -0.2) is 49.7 Å². The second-order valence-electron chi connectivity index (χ2n) is 5.94. The zero-order valence-electron chi connectivity index (χ0n) is 14.2. The van der Waals surface area contributed by atoms with Crippen molar-refractivity contribution in [3.8, 4) is 0 Å². The lowest BCUT2D eigenvalue weighted by atomic mass is 10.2. The molecule has 142 valence electrons. The van der Waals surface area contributed by atoms with E-state index < -0.39 is 10.0 Å². The predicted molar refractivity (Wildman–Crippen MR) is 100 cm³/mol. The maximum atomic E-state index is 12.5. The molecule has 2 heterocycles. The van der Waals surface area contributed by atoms with Gasteiger partial charge in [0.2, 0.25) is 10.0 Å². The summed E-state index contributed by atoms with van der Waals surface area (Å²) in [5, 5.41) is 0. The summed E-state index contributed by atoms with van der Waals surface area (Å²) in [6, 6.07) is 10.7. The number of amides is 1. The highest BCUT2D eigenvalue weighted by Crippen LogP contribution is 2.16. The van der Waals surface area contributed by atoms with Gasteiger partial charge < -0.3 is 15.1 Å². The van der Waals surface area contributed by atoms with Crippen molar-refractivity contribution in [1.82, 2.24) is 9.21 Å². The van der Waals surface area contributed by atoms with E-state index in [2.05, 4.69) is 0 Å². The summed E-state index contributed by atoms with van der Waals surface area (Å²) in [4.78, 5) is 14.1. The largest absolute Gasteiger partial charge is 0.467 e. The minimum atomic E-state index is -3.39. The molecule has 9 heteroatoms. The highest BCUT2D eigenvalue weighted by molar-refractivity contribution is 7.88. The molecule has 1 saturated heterocycles. The first-order valence-corrected chi connectivity index (χ1v) is 9.69. The second-order valence-corrected chi connectivity index (χ2v) is 7.91. The summed E-state index contributed by atoms with van der Waals surface area (Å²) in [7, 11) is -3.39. The first kappa shape index (κ1) is 20.4. The number of sulfonamides is 1. The number of piperazine rings is 1. The van der Waals surface area contributed by atoms with Gasteiger partial charge >= 0.3 is 0 Å². The van der Waals surface area contributed by atoms with Gasteiger partial charge in [0.25, 0.3) is 5.91 Å². The van der Waals surface area contributed by atoms with Gasteiger partial charge in [-0.1, -0.05) is 30.3 Å². The lowest BCUT2D eigenvalue weighted by Gasteiger charge is -2.33. The van der Waals surface area contributed by atoms with Gasteiger partial charge in [-0.25, -0.2) is 8.42 Å². The molecule has 0 saturated carbocycles. The Hall–Kier alpha value is -1.87. The summed E-state index contributed by atoms with van der Waals surface area (Å²) in [5.74, 6) is 0.361. The molecule has 1 aromatic heterocycles. The minimum absolute atomic E-state index is 0. The Balaban J connectivity index is 0.00000243. The highest BCUT2D eigenvalue weighted by Gasteiger charge is 2.29. The molecule has 1 fully saturated rings. The molecule has 0 bridgehead atoms. The Kier molecular flexibility index (Phi) is 6.82. The zero-order valence-corrected chi connectivity index (χ0v) is 15.8. The lowest BCUT2D eigenvalue weighted by Crippen LogP contribution is -2.50. The molecule has 7 nitrogen and oxygen atoms in total. The predicted octanol–water partition coefficient (Wildman–Crippen LogP) is 1.45. The van der Waals surface area contributed by atoms with E-state index in [0.29, 0.717) is 37.5 Å². The minimum Gasteiger partial charge on any atom is -0.467 e. The molecule has 1 aromatic carbocycles. The summed E-state index contributed by atoms with van der Waals surface area (Å²) in [6.07, 6.45) is 1.39. The van der Waals surface area contributed by atoms with Crippen LogP contribution in [0, 0.1) is 0 Å². The maximum Gasteiger partial charge on any atom is 0.257 e. The molecule has 1 amide bonds. The Bertz CT molecular complexity index is 831. The van der Waals surface area contributed by atoms with Crippen LogP contribution in [0.5, 0.6) is 0 Å². The van der Waals surface area contributed by atoms with Crippen LogP contribution in [0.4, 0.5) is 0 Å². The van der Waals surface area contributed by atoms with Crippen molar-refractivity contribution in [3.05, 3.63) is 59.5 Å². The quantitative estimate of drug-likeness (QED) is 0.820. The number of hydrogen-bond acceptors (Lipinski definition) is 5. The number of carbonyl (C=O) groups excluding carboxylic acids is 1. The summed E-state index contributed by atoms with van der Waals surface area (Å²) in [6.45, 7) is 1.54. The molecular weight excluding hydrogens is 378 g/mol. The highest BCUT2D eigenvalue weighted by atomic mass is 35.5. The summed E-state index contributed by atoms with van der Waals surface area (Å²) in [5.41, 5.74) is 6.68. The van der Waals surface area contributed by atoms with Gasteiger partial charge in [0.15, 0.2) is 0 Å². The maximum absolute atomic E-state index is 12.5. The van der Waals surface area contributed by atoms with E-state index in [1.54, 1.807) is 23.1 Å². The number of furan rings is 1. The Morgan fingerprint density at radius 2 is 1.77 bits per heavy atom. The number of rotatable bonds is 5. The van der Waals surface area contributed by atoms with Gasteiger partial charge in [-0.2, -0.15) is 4.31 Å². The molecule has 0 spiro atoms. The molecule has 2 aromatic rings. The van der Waals surface area contributed by atoms with Crippen LogP contribution < -0.4 is 5.73 Å². The molecule has 2 N–H and O–H groups in total. The molecule has 1 aliphatic heterocycles. The van der Waals surface area contributed by atoms with Crippen molar-refractivity contribution >= 4 is 28.3 Å². The van der Waals surface area contributed by atoms with Crippen LogP contribution in [0.25, 0.3) is 0 Å². The van der Waals surface area contributed by atoms with Crippen molar-refractivity contribution in [2.45, 2.75) is 12.3 Å². The number of benzene rings is 1. The van der Waals surface area contributed by atoms with Crippen LogP contribution in [0.3, 0.4) is 0 Å². The standard InChI is InChI=1S/C17H21N3O4S.ClH/c18-11-16-10-15(12-24-16)17(21)19-6-8-20(9-7-19)25(22,23)13-14-4-2-1-3-5-14;/h1-5,10,12H,6-9,11,13,18H2;1H. The molecule has 0 atom stereocenters. The van der Waals surface area contributed by atoms with E-state index in [1.165, 1.54) is 10.6 Å². The third-order valence-electron chi connectivity index (χ3n) is 4.21. The van der Waals surface area contributed by atoms with Crippen molar-refractivity contribution in [3.63, 3.8) is 0 Å². The fraction of sp³-hybridized carbons (Fsp3) is 0.353. The van der Waals surface area contributed by atoms with Gasteiger partial charge in [-0.05, 0) is 11.6 Å². The zero-order chi connectivity index (χ0) is 17.9. The van der Waals surface area contributed by atoms with Crippen LogP contribution in [0.1, 0.15) is 21.7 Å². The van der Waals surface area contributed by atoms with Crippen LogP contribution >= 0.6 is 12.4 Å². The number of carbonyl (C=O) groups is 1. The molecule has 0 radical (unpaired) electrons. The van der Waals surface area contributed by atoms with Gasteiger partial charge in [-0.15, -0.1) is 12.4 Å². The third kappa shape index (κ3) is 4.64. The Morgan fingerprint density at radius 1 is 1.12 bits per heavy atom. The molecule has 3 rings (SSSR count). The first-order chi connectivity index (χ1) is 12.0. The van der Waals surface area contributed by atoms with Crippen molar-refractivity contribution < 1.29 is 17.6 Å². The molecule has 1 aliphatic rings. The van der Waals surface area contributed by atoms with Crippen molar-refractivity contribution in [1.29, 1.82) is 0 Å². The fourth-order valence-electron chi connectivity index (χ4n) is 2.83. The monoisotopic (exact) mass is 399 g/mol. The van der Waals surface area contributed by atoms with E-state index in [-0.39, 0.29) is 30.6 Å². The van der Waals surface area contributed by atoms with E-state index in [0.717, 1.165) is 5.56 Å². The third-order valence-corrected chi connectivity index (χ3v) is 6.06. The number of nitrogens with two attached hydrogens (primary N) is 1. The topological polar surface area (TPSA) is 96.9 Å². The van der Waals surface area contributed by atoms with Crippen LogP contribution in [0.15, 0.2) is 47.1 Å². The van der Waals surface area contributed by atoms with E-state index in [9.17, 15) is 13.2 Å². The van der Waals surface area contributed by atoms with Gasteiger partial charge in [0.1, 0.15) is 12.0 Å². The summed E-state index contributed by atoms with van der Waals surface area (Å²) >= 11 is 0. The molecular formula is C17H22ClN3O4S. The Morgan fingerprint density at radius 3 is 2.35 bits per heavy atom. The van der Waals surface area contributed by atoms with Crippen LogP contribution in [-0.2, 0) is 22.3 Å². The number of halogens is 1. The molecule has 0 aliphatic carbocycles. The smallest absolute Gasteiger partial charge is 0.257 e. The van der Waals surface area contributed by atoms with Gasteiger partial charge in [0.05, 0.1) is 17.9 Å². The number of nitrogens with zero attached hydrogens (tertiary/aromatic N) is 2. The van der Waals surface area contributed by atoms with E-state index >= 15 is 0 Å². The second kappa shape index (κ2) is 8.68. The average Bonchev–Trinajstić information content (AvgIpc) is 3.11. The van der Waals surface area contributed by atoms with Gasteiger partial charge in [0, 0.05) is 26.2 Å². The Labute approximate surface area is 159 Å². The van der Waals surface area contributed by atoms with E-state index in [4.69, 9.17) is 10.2 Å². The number of hydrogen-bond donors (Lipinski definition) is 1. The van der Waals surface area contributed by atoms with Crippen LogP contribution in [0.2, 0.25) is 0 Å². The fourth-order valence-corrected chi connectivity index (χ4v) is 4.34. The molecule has 0 unspecified atom stereocenters. The van der Waals surface area contributed by atoms with Crippen molar-refractivity contribution in [2.24, 2.45) is 5.73 Å².